The number of hydrogen-bond donors (Lipinski definition) is 2. The molecule has 0 radical (unpaired) electrons. The minimum atomic E-state index is -4.16. The highest BCUT2D eigenvalue weighted by Gasteiger charge is 2.34. The number of rotatable bonds is 9. The molecular weight excluding hydrogens is 545 g/mol. The van der Waals surface area contributed by atoms with Crippen molar-refractivity contribution in [3.63, 3.8) is 0 Å². The fourth-order valence-electron chi connectivity index (χ4n) is 5.07. The summed E-state index contributed by atoms with van der Waals surface area (Å²) < 4.78 is 68.5. The Bertz CT molecular complexity index is 1450. The number of carbonyl (C=O) groups excluding carboxylic acids is 1. The van der Waals surface area contributed by atoms with Gasteiger partial charge in [-0.3, -0.25) is 4.79 Å². The SMILES string of the molecule is CCS(=O)(=O)c1ccc([C@H](CO)NC(=O)c2ccc3c(OC4CCC(CC(F)(F)F)CC4)nc(C)cc3c2)cc1. The molecule has 1 atom stereocenters. The Kier molecular flexibility index (Phi) is 9.04. The lowest BCUT2D eigenvalue weighted by Crippen LogP contribution is -2.30. The Morgan fingerprint density at radius 2 is 1.77 bits per heavy atom. The number of sulfone groups is 1. The van der Waals surface area contributed by atoms with Gasteiger partial charge in [0.1, 0.15) is 6.10 Å². The van der Waals surface area contributed by atoms with E-state index in [4.69, 9.17) is 4.74 Å². The van der Waals surface area contributed by atoms with E-state index in [2.05, 4.69) is 10.3 Å². The molecule has 1 amide bonds. The van der Waals surface area contributed by atoms with E-state index < -0.39 is 34.4 Å². The molecule has 1 fully saturated rings. The summed E-state index contributed by atoms with van der Waals surface area (Å²) in [6, 6.07) is 12.2. The topological polar surface area (TPSA) is 106 Å². The largest absolute Gasteiger partial charge is 0.474 e. The van der Waals surface area contributed by atoms with E-state index in [0.717, 1.165) is 5.39 Å². The summed E-state index contributed by atoms with van der Waals surface area (Å²) in [5, 5.41) is 14.1. The molecule has 0 spiro atoms. The molecule has 1 aromatic heterocycles. The van der Waals surface area contributed by atoms with Crippen LogP contribution in [0.15, 0.2) is 53.4 Å². The van der Waals surface area contributed by atoms with Crippen molar-refractivity contribution in [2.75, 3.05) is 12.4 Å². The summed E-state index contributed by atoms with van der Waals surface area (Å²) in [5.74, 6) is -0.449. The van der Waals surface area contributed by atoms with Crippen LogP contribution in [0.2, 0.25) is 0 Å². The van der Waals surface area contributed by atoms with Gasteiger partial charge in [-0.2, -0.15) is 13.2 Å². The van der Waals surface area contributed by atoms with E-state index in [1.54, 1.807) is 44.2 Å². The van der Waals surface area contributed by atoms with Crippen LogP contribution in [-0.4, -0.2) is 49.1 Å². The molecule has 2 aromatic carbocycles. The first kappa shape index (κ1) is 29.8. The first-order valence-corrected chi connectivity index (χ1v) is 14.9. The predicted molar refractivity (Wildman–Crippen MR) is 145 cm³/mol. The Balaban J connectivity index is 1.47. The van der Waals surface area contributed by atoms with Crippen molar-refractivity contribution in [3.05, 3.63) is 65.4 Å². The molecule has 0 aliphatic heterocycles. The minimum Gasteiger partial charge on any atom is -0.474 e. The van der Waals surface area contributed by atoms with E-state index in [1.807, 2.05) is 6.07 Å². The Labute approximate surface area is 231 Å². The number of fused-ring (bicyclic) bond motifs is 1. The van der Waals surface area contributed by atoms with Gasteiger partial charge in [0.25, 0.3) is 5.91 Å². The normalized spacial score (nSPS) is 18.9. The zero-order valence-corrected chi connectivity index (χ0v) is 23.2. The van der Waals surface area contributed by atoms with Crippen molar-refractivity contribution in [2.45, 2.75) is 69.2 Å². The summed E-state index contributed by atoms with van der Waals surface area (Å²) in [6.45, 7) is 2.97. The van der Waals surface area contributed by atoms with Crippen molar-refractivity contribution in [1.29, 1.82) is 0 Å². The third kappa shape index (κ3) is 7.31. The van der Waals surface area contributed by atoms with Gasteiger partial charge in [0.2, 0.25) is 5.88 Å². The van der Waals surface area contributed by atoms with Crippen LogP contribution in [0.4, 0.5) is 13.2 Å². The van der Waals surface area contributed by atoms with Gasteiger partial charge in [-0.25, -0.2) is 13.4 Å². The second-order valence-electron chi connectivity index (χ2n) is 10.3. The van der Waals surface area contributed by atoms with E-state index in [1.165, 1.54) is 12.1 Å². The van der Waals surface area contributed by atoms with Gasteiger partial charge in [-0.1, -0.05) is 19.1 Å². The third-order valence-corrected chi connectivity index (χ3v) is 9.04. The molecule has 0 saturated heterocycles. The van der Waals surface area contributed by atoms with Gasteiger partial charge in [-0.15, -0.1) is 0 Å². The standard InChI is InChI=1S/C29H33F3N2O5S/c1-3-40(37,38)24-11-6-20(7-12-24)26(17-35)34-27(36)21-8-13-25-22(15-21)14-18(2)33-28(25)39-23-9-4-19(5-10-23)16-29(30,31)32/h6-8,11-15,19,23,26,35H,3-5,9-10,16-17H2,1-2H3,(H,34,36)/t19?,23?,26-/m0/s1. The monoisotopic (exact) mass is 578 g/mol. The van der Waals surface area contributed by atoms with Crippen molar-refractivity contribution < 1.29 is 36.2 Å². The molecule has 1 heterocycles. The van der Waals surface area contributed by atoms with Crippen LogP contribution in [0.25, 0.3) is 10.8 Å². The lowest BCUT2D eigenvalue weighted by Gasteiger charge is -2.29. The maximum absolute atomic E-state index is 13.1. The van der Waals surface area contributed by atoms with Crippen molar-refractivity contribution in [3.8, 4) is 5.88 Å². The van der Waals surface area contributed by atoms with Gasteiger partial charge in [-0.05, 0) is 85.9 Å². The number of carbonyl (C=O) groups is 1. The van der Waals surface area contributed by atoms with Crippen LogP contribution in [0, 0.1) is 12.8 Å². The highest BCUT2D eigenvalue weighted by Crippen LogP contribution is 2.36. The summed E-state index contributed by atoms with van der Waals surface area (Å²) >= 11 is 0. The Morgan fingerprint density at radius 1 is 1.10 bits per heavy atom. The minimum absolute atomic E-state index is 0.0285. The second-order valence-corrected chi connectivity index (χ2v) is 12.5. The lowest BCUT2D eigenvalue weighted by molar-refractivity contribution is -0.147. The third-order valence-electron chi connectivity index (χ3n) is 7.29. The molecule has 1 saturated carbocycles. The molecule has 3 aromatic rings. The maximum Gasteiger partial charge on any atom is 0.389 e. The van der Waals surface area contributed by atoms with Gasteiger partial charge < -0.3 is 15.2 Å². The number of alkyl halides is 3. The average molecular weight is 579 g/mol. The zero-order chi connectivity index (χ0) is 29.1. The molecule has 7 nitrogen and oxygen atoms in total. The van der Waals surface area contributed by atoms with Crippen LogP contribution in [0.5, 0.6) is 5.88 Å². The summed E-state index contributed by atoms with van der Waals surface area (Å²) in [7, 11) is -3.37. The Morgan fingerprint density at radius 3 is 2.38 bits per heavy atom. The molecule has 0 unspecified atom stereocenters. The van der Waals surface area contributed by atoms with Crippen LogP contribution >= 0.6 is 0 Å². The van der Waals surface area contributed by atoms with Gasteiger partial charge in [0, 0.05) is 23.1 Å². The summed E-state index contributed by atoms with van der Waals surface area (Å²) in [4.78, 5) is 17.8. The highest BCUT2D eigenvalue weighted by atomic mass is 32.2. The molecule has 11 heteroatoms. The number of aryl methyl sites for hydroxylation is 1. The van der Waals surface area contributed by atoms with Crippen molar-refractivity contribution in [2.24, 2.45) is 5.92 Å². The van der Waals surface area contributed by atoms with Gasteiger partial charge >= 0.3 is 6.18 Å². The quantitative estimate of drug-likeness (QED) is 0.338. The number of halogens is 3. The molecule has 216 valence electrons. The maximum atomic E-state index is 13.1. The van der Waals surface area contributed by atoms with E-state index >= 15 is 0 Å². The fraction of sp³-hybridized carbons (Fsp3) is 0.448. The fourth-order valence-corrected chi connectivity index (χ4v) is 5.96. The molecule has 1 aliphatic carbocycles. The van der Waals surface area contributed by atoms with Gasteiger partial charge in [0.05, 0.1) is 23.3 Å². The first-order valence-electron chi connectivity index (χ1n) is 13.3. The Hall–Kier alpha value is -3.18. The number of hydrogen-bond acceptors (Lipinski definition) is 6. The van der Waals surface area contributed by atoms with Crippen LogP contribution in [0.3, 0.4) is 0 Å². The van der Waals surface area contributed by atoms with Crippen LogP contribution in [0.1, 0.15) is 66.7 Å². The number of aromatic nitrogens is 1. The van der Waals surface area contributed by atoms with Crippen LogP contribution < -0.4 is 10.1 Å². The number of nitrogens with zero attached hydrogens (tertiary/aromatic N) is 1. The number of amides is 1. The summed E-state index contributed by atoms with van der Waals surface area (Å²) in [5.41, 5.74) is 1.58. The van der Waals surface area contributed by atoms with E-state index in [0.29, 0.717) is 53.8 Å². The van der Waals surface area contributed by atoms with Gasteiger partial charge in [0.15, 0.2) is 9.84 Å². The number of pyridine rings is 1. The predicted octanol–water partition coefficient (Wildman–Crippen LogP) is 5.69. The molecule has 4 rings (SSSR count). The molecule has 2 N–H and O–H groups in total. The molecule has 40 heavy (non-hydrogen) atoms. The highest BCUT2D eigenvalue weighted by molar-refractivity contribution is 7.91. The molecule has 1 aliphatic rings. The van der Waals surface area contributed by atoms with Crippen molar-refractivity contribution in [1.82, 2.24) is 10.3 Å². The number of benzene rings is 2. The van der Waals surface area contributed by atoms with Crippen LogP contribution in [-0.2, 0) is 9.84 Å². The zero-order valence-electron chi connectivity index (χ0n) is 22.4. The smallest absolute Gasteiger partial charge is 0.389 e. The number of ether oxygens (including phenoxy) is 1. The number of aliphatic hydroxyl groups is 1. The van der Waals surface area contributed by atoms with E-state index in [-0.39, 0.29) is 29.3 Å². The van der Waals surface area contributed by atoms with Crippen molar-refractivity contribution >= 4 is 26.5 Å². The number of aliphatic hydroxyl groups excluding tert-OH is 1. The average Bonchev–Trinajstić information content (AvgIpc) is 2.91. The lowest BCUT2D eigenvalue weighted by atomic mass is 9.85. The molecule has 0 bridgehead atoms. The second kappa shape index (κ2) is 12.1. The first-order chi connectivity index (χ1) is 18.9. The molecular formula is C29H33F3N2O5S. The number of nitrogens with one attached hydrogen (secondary N) is 1. The van der Waals surface area contributed by atoms with E-state index in [9.17, 15) is 31.5 Å². The summed E-state index contributed by atoms with van der Waals surface area (Å²) in [6.07, 6.45) is -3.22.